The molecule has 1 amide bonds. The number of morpholine rings is 1. The Balaban J connectivity index is 1.42. The van der Waals surface area contributed by atoms with Gasteiger partial charge in [-0.3, -0.25) is 9.69 Å². The molecule has 0 atom stereocenters. The number of rotatable bonds is 6. The molecule has 4 N–H and O–H groups in total. The molecule has 1 saturated heterocycles. The molecule has 9 nitrogen and oxygen atoms in total. The number of nitrogen functional groups attached to an aromatic ring is 1. The van der Waals surface area contributed by atoms with Gasteiger partial charge in [0.15, 0.2) is 0 Å². The van der Waals surface area contributed by atoms with Crippen molar-refractivity contribution in [2.75, 3.05) is 51.0 Å². The fourth-order valence-corrected chi connectivity index (χ4v) is 4.39. The number of anilines is 2. The smallest absolute Gasteiger partial charge is 0.293 e. The second-order valence-corrected chi connectivity index (χ2v) is 9.37. The number of fused-ring (bicyclic) bond motifs is 1. The predicted molar refractivity (Wildman–Crippen MR) is 134 cm³/mol. The average Bonchev–Trinajstić information content (AvgIpc) is 3.48. The van der Waals surface area contributed by atoms with Gasteiger partial charge in [-0.25, -0.2) is 9.97 Å². The third-order valence-electron chi connectivity index (χ3n) is 6.63. The van der Waals surface area contributed by atoms with E-state index in [2.05, 4.69) is 43.9 Å². The molecule has 3 heterocycles. The highest BCUT2D eigenvalue weighted by molar-refractivity contribution is 6.04. The first-order chi connectivity index (χ1) is 17.0. The highest BCUT2D eigenvalue weighted by Crippen LogP contribution is 2.51. The largest absolute Gasteiger partial charge is 0.383 e. The van der Waals surface area contributed by atoms with E-state index >= 15 is 0 Å². The fourth-order valence-electron chi connectivity index (χ4n) is 4.39. The van der Waals surface area contributed by atoms with Crippen molar-refractivity contribution in [1.29, 1.82) is 0 Å². The Labute approximate surface area is 204 Å². The van der Waals surface area contributed by atoms with Crippen molar-refractivity contribution in [3.63, 3.8) is 0 Å². The molecule has 182 valence electrons. The van der Waals surface area contributed by atoms with Crippen LogP contribution in [-0.4, -0.2) is 65.7 Å². The SMILES string of the molecule is COCc1ccc(NC(=O)c2nc(N)c3c(C4(C)CC4)c(C#CCN4CCOCC4)[nH]c3n2)cc1. The molecule has 0 unspecified atom stereocenters. The Morgan fingerprint density at radius 3 is 2.69 bits per heavy atom. The number of nitrogens with one attached hydrogen (secondary N) is 2. The summed E-state index contributed by atoms with van der Waals surface area (Å²) in [5, 5.41) is 3.60. The van der Waals surface area contributed by atoms with E-state index in [1.807, 2.05) is 24.3 Å². The van der Waals surface area contributed by atoms with Gasteiger partial charge in [0.25, 0.3) is 5.91 Å². The Hall–Kier alpha value is -3.45. The van der Waals surface area contributed by atoms with Gasteiger partial charge in [0.05, 0.1) is 37.4 Å². The van der Waals surface area contributed by atoms with Crippen LogP contribution in [-0.2, 0) is 21.5 Å². The summed E-state index contributed by atoms with van der Waals surface area (Å²) in [5.74, 6) is 6.47. The average molecular weight is 475 g/mol. The summed E-state index contributed by atoms with van der Waals surface area (Å²) in [5.41, 5.74) is 10.4. The molecule has 0 radical (unpaired) electrons. The number of hydrogen-bond donors (Lipinski definition) is 3. The Morgan fingerprint density at radius 2 is 2.00 bits per heavy atom. The van der Waals surface area contributed by atoms with Crippen molar-refractivity contribution in [2.24, 2.45) is 0 Å². The van der Waals surface area contributed by atoms with Gasteiger partial charge in [-0.05, 0) is 41.9 Å². The van der Waals surface area contributed by atoms with Gasteiger partial charge < -0.3 is 25.5 Å². The minimum absolute atomic E-state index is 0.00751. The number of aromatic nitrogens is 3. The first-order valence-electron chi connectivity index (χ1n) is 11.8. The molecule has 9 heteroatoms. The molecule has 2 aromatic heterocycles. The summed E-state index contributed by atoms with van der Waals surface area (Å²) in [6, 6.07) is 7.42. The van der Waals surface area contributed by atoms with Crippen LogP contribution in [0.4, 0.5) is 11.5 Å². The molecule has 0 spiro atoms. The number of amides is 1. The summed E-state index contributed by atoms with van der Waals surface area (Å²) in [6.07, 6.45) is 2.11. The van der Waals surface area contributed by atoms with Crippen molar-refractivity contribution in [3.05, 3.63) is 46.9 Å². The summed E-state index contributed by atoms with van der Waals surface area (Å²) in [4.78, 5) is 27.4. The lowest BCUT2D eigenvalue weighted by molar-refractivity contribution is 0.0443. The van der Waals surface area contributed by atoms with Crippen LogP contribution in [0.15, 0.2) is 24.3 Å². The Kier molecular flexibility index (Phi) is 6.43. The third kappa shape index (κ3) is 5.00. The molecular formula is C26H30N6O3. The van der Waals surface area contributed by atoms with Crippen LogP contribution in [0.2, 0.25) is 0 Å². The molecule has 1 aromatic carbocycles. The summed E-state index contributed by atoms with van der Waals surface area (Å²) >= 11 is 0. The van der Waals surface area contributed by atoms with Gasteiger partial charge in [-0.2, -0.15) is 0 Å². The normalized spacial score (nSPS) is 17.1. The van der Waals surface area contributed by atoms with Crippen LogP contribution in [0.3, 0.4) is 0 Å². The van der Waals surface area contributed by atoms with Crippen molar-refractivity contribution in [1.82, 2.24) is 19.9 Å². The van der Waals surface area contributed by atoms with Crippen molar-refractivity contribution >= 4 is 28.4 Å². The van der Waals surface area contributed by atoms with Gasteiger partial charge in [0.2, 0.25) is 5.82 Å². The highest BCUT2D eigenvalue weighted by Gasteiger charge is 2.43. The fraction of sp³-hybridized carbons (Fsp3) is 0.423. The lowest BCUT2D eigenvalue weighted by atomic mass is 9.95. The van der Waals surface area contributed by atoms with Crippen LogP contribution in [0.5, 0.6) is 0 Å². The van der Waals surface area contributed by atoms with Crippen molar-refractivity contribution in [3.8, 4) is 11.8 Å². The number of benzene rings is 1. The standard InChI is InChI=1S/C26H30N6O3/c1-26(9-10-26)21-19(4-3-11-32-12-14-35-15-13-32)29-23-20(21)22(27)30-24(31-23)25(33)28-18-7-5-17(6-8-18)16-34-2/h5-8H,9-16H2,1-2H3,(H,28,33)(H3,27,29,30,31). The molecule has 3 aromatic rings. The second kappa shape index (κ2) is 9.66. The van der Waals surface area contributed by atoms with Gasteiger partial charge in [0.1, 0.15) is 11.5 Å². The van der Waals surface area contributed by atoms with Crippen LogP contribution >= 0.6 is 0 Å². The lowest BCUT2D eigenvalue weighted by Gasteiger charge is -2.24. The molecule has 2 aliphatic rings. The van der Waals surface area contributed by atoms with Gasteiger partial charge >= 0.3 is 0 Å². The number of hydrogen-bond acceptors (Lipinski definition) is 7. The number of aromatic amines is 1. The van der Waals surface area contributed by atoms with E-state index < -0.39 is 5.91 Å². The molecule has 35 heavy (non-hydrogen) atoms. The monoisotopic (exact) mass is 474 g/mol. The van der Waals surface area contributed by atoms with E-state index in [1.54, 1.807) is 7.11 Å². The van der Waals surface area contributed by atoms with E-state index in [-0.39, 0.29) is 17.1 Å². The maximum Gasteiger partial charge on any atom is 0.293 e. The summed E-state index contributed by atoms with van der Waals surface area (Å²) < 4.78 is 10.5. The van der Waals surface area contributed by atoms with Crippen LogP contribution in [0.25, 0.3) is 11.0 Å². The number of carbonyl (C=O) groups excluding carboxylic acids is 1. The zero-order valence-corrected chi connectivity index (χ0v) is 20.1. The molecule has 1 aliphatic carbocycles. The number of carbonyl (C=O) groups is 1. The maximum atomic E-state index is 12.9. The quantitative estimate of drug-likeness (QED) is 0.470. The molecule has 2 fully saturated rings. The summed E-state index contributed by atoms with van der Waals surface area (Å²) in [7, 11) is 1.64. The highest BCUT2D eigenvalue weighted by atomic mass is 16.5. The topological polar surface area (TPSA) is 118 Å². The number of ether oxygens (including phenoxy) is 2. The van der Waals surface area contributed by atoms with E-state index in [4.69, 9.17) is 15.2 Å². The van der Waals surface area contributed by atoms with E-state index in [0.717, 1.165) is 61.4 Å². The van der Waals surface area contributed by atoms with Gasteiger partial charge in [-0.15, -0.1) is 0 Å². The first kappa shape index (κ1) is 23.3. The van der Waals surface area contributed by atoms with Crippen LogP contribution in [0, 0.1) is 11.8 Å². The van der Waals surface area contributed by atoms with Crippen LogP contribution < -0.4 is 11.1 Å². The minimum Gasteiger partial charge on any atom is -0.383 e. The molecule has 0 bridgehead atoms. The zero-order valence-electron chi connectivity index (χ0n) is 20.1. The molecule has 1 aliphatic heterocycles. The van der Waals surface area contributed by atoms with E-state index in [9.17, 15) is 4.79 Å². The molecular weight excluding hydrogens is 444 g/mol. The van der Waals surface area contributed by atoms with Crippen LogP contribution in [0.1, 0.15) is 47.2 Å². The molecule has 5 rings (SSSR count). The second-order valence-electron chi connectivity index (χ2n) is 9.37. The predicted octanol–water partition coefficient (Wildman–Crippen LogP) is 2.67. The maximum absolute atomic E-state index is 12.9. The van der Waals surface area contributed by atoms with Gasteiger partial charge in [0, 0.05) is 31.5 Å². The van der Waals surface area contributed by atoms with Crippen molar-refractivity contribution in [2.45, 2.75) is 31.8 Å². The van der Waals surface area contributed by atoms with Crippen molar-refractivity contribution < 1.29 is 14.3 Å². The number of nitrogens with zero attached hydrogens (tertiary/aromatic N) is 3. The molecule has 1 saturated carbocycles. The lowest BCUT2D eigenvalue weighted by Crippen LogP contribution is -2.36. The summed E-state index contributed by atoms with van der Waals surface area (Å²) in [6.45, 7) is 6.65. The zero-order chi connectivity index (χ0) is 24.4. The Bertz CT molecular complexity index is 1290. The number of nitrogens with two attached hydrogens (primary N) is 1. The minimum atomic E-state index is -0.424. The Morgan fingerprint density at radius 1 is 1.26 bits per heavy atom. The third-order valence-corrected chi connectivity index (χ3v) is 6.63. The number of methoxy groups -OCH3 is 1. The first-order valence-corrected chi connectivity index (χ1v) is 11.8. The number of H-pyrrole nitrogens is 1. The van der Waals surface area contributed by atoms with Gasteiger partial charge in [-0.1, -0.05) is 25.0 Å². The van der Waals surface area contributed by atoms with E-state index in [0.29, 0.717) is 24.5 Å². The van der Waals surface area contributed by atoms with E-state index in [1.165, 1.54) is 0 Å².